The molecule has 7 rings (SSSR count). The first kappa shape index (κ1) is 35.7. The van der Waals surface area contributed by atoms with Crippen molar-refractivity contribution in [1.29, 1.82) is 0 Å². The molecule has 0 aliphatic carbocycles. The van der Waals surface area contributed by atoms with Crippen LogP contribution in [-0.4, -0.2) is 103 Å². The average Bonchev–Trinajstić information content (AvgIpc) is 4.01. The van der Waals surface area contributed by atoms with Crippen molar-refractivity contribution in [2.45, 2.75) is 57.7 Å². The molecule has 17 heteroatoms. The van der Waals surface area contributed by atoms with Crippen molar-refractivity contribution >= 4 is 40.3 Å². The number of carbonyl (C=O) groups excluding carboxylic acids is 4. The van der Waals surface area contributed by atoms with E-state index in [2.05, 4.69) is 47.4 Å². The van der Waals surface area contributed by atoms with Crippen molar-refractivity contribution in [3.63, 3.8) is 0 Å². The third kappa shape index (κ3) is 7.33. The Balaban J connectivity index is 1.01. The smallest absolute Gasteiger partial charge is 0.407 e. The van der Waals surface area contributed by atoms with Crippen molar-refractivity contribution in [1.82, 2.24) is 49.8 Å². The van der Waals surface area contributed by atoms with E-state index in [0.717, 1.165) is 69.6 Å². The number of imidazole rings is 3. The van der Waals surface area contributed by atoms with Crippen molar-refractivity contribution in [2.75, 3.05) is 33.9 Å². The van der Waals surface area contributed by atoms with Crippen LogP contribution in [0.2, 0.25) is 0 Å². The molecule has 0 saturated carbocycles. The van der Waals surface area contributed by atoms with Gasteiger partial charge in [-0.05, 0) is 42.7 Å². The van der Waals surface area contributed by atoms with Gasteiger partial charge in [0.1, 0.15) is 29.9 Å². The highest BCUT2D eigenvalue weighted by atomic mass is 32.1. The largest absolute Gasteiger partial charge is 0.453 e. The van der Waals surface area contributed by atoms with Crippen molar-refractivity contribution in [3.8, 4) is 33.1 Å². The van der Waals surface area contributed by atoms with Crippen molar-refractivity contribution in [2.24, 2.45) is 5.92 Å². The van der Waals surface area contributed by atoms with Crippen LogP contribution in [0.4, 0.5) is 9.59 Å². The molecule has 5 aromatic rings. The molecule has 4 N–H and O–H groups in total. The summed E-state index contributed by atoms with van der Waals surface area (Å²) in [6.07, 6.45) is 9.51. The molecule has 4 aromatic heterocycles. The molecule has 2 saturated heterocycles. The van der Waals surface area contributed by atoms with Crippen LogP contribution in [0.5, 0.6) is 0 Å². The van der Waals surface area contributed by atoms with Crippen molar-refractivity contribution in [3.05, 3.63) is 60.7 Å². The van der Waals surface area contributed by atoms with E-state index >= 15 is 0 Å². The third-order valence-corrected chi connectivity index (χ3v) is 10.9. The molecule has 0 spiro atoms. The summed E-state index contributed by atoms with van der Waals surface area (Å²) in [6, 6.07) is 7.12. The maximum Gasteiger partial charge on any atom is 0.407 e. The predicted octanol–water partition coefficient (Wildman–Crippen LogP) is 4.91. The number of ether oxygens (including phenoxy) is 2. The van der Waals surface area contributed by atoms with Crippen LogP contribution in [0, 0.1) is 5.92 Å². The quantitative estimate of drug-likeness (QED) is 0.154. The summed E-state index contributed by atoms with van der Waals surface area (Å²) < 4.78 is 11.3. The lowest BCUT2D eigenvalue weighted by atomic mass is 10.0. The number of aromatic nitrogens is 6. The molecule has 3 atom stereocenters. The third-order valence-electron chi connectivity index (χ3n) is 9.80. The highest BCUT2D eigenvalue weighted by molar-refractivity contribution is 7.20. The molecule has 1 aromatic carbocycles. The monoisotopic (exact) mass is 742 g/mol. The number of benzene rings is 1. The van der Waals surface area contributed by atoms with Crippen molar-refractivity contribution < 1.29 is 28.7 Å². The first-order chi connectivity index (χ1) is 25.6. The molecule has 16 nitrogen and oxygen atoms in total. The Morgan fingerprint density at radius 1 is 0.868 bits per heavy atom. The lowest BCUT2D eigenvalue weighted by molar-refractivity contribution is -0.135. The lowest BCUT2D eigenvalue weighted by Gasteiger charge is -2.30. The first-order valence-corrected chi connectivity index (χ1v) is 18.4. The second kappa shape index (κ2) is 15.1. The molecule has 0 bridgehead atoms. The second-order valence-corrected chi connectivity index (χ2v) is 14.5. The van der Waals surface area contributed by atoms with Crippen LogP contribution < -0.4 is 10.6 Å². The van der Waals surface area contributed by atoms with Crippen LogP contribution in [0.25, 0.3) is 38.0 Å². The Morgan fingerprint density at radius 2 is 1.49 bits per heavy atom. The van der Waals surface area contributed by atoms with E-state index in [-0.39, 0.29) is 36.4 Å². The number of methoxy groups -OCH3 is 2. The van der Waals surface area contributed by atoms with Gasteiger partial charge >= 0.3 is 12.2 Å². The first-order valence-electron chi connectivity index (χ1n) is 17.6. The number of aromatic amines is 2. The highest BCUT2D eigenvalue weighted by Gasteiger charge is 2.37. The Hall–Kier alpha value is -5.71. The van der Waals surface area contributed by atoms with Gasteiger partial charge in [-0.15, -0.1) is 0 Å². The fraction of sp³-hybridized carbons (Fsp3) is 0.417. The normalized spacial score (nSPS) is 17.8. The zero-order valence-corrected chi connectivity index (χ0v) is 30.7. The van der Waals surface area contributed by atoms with Crippen LogP contribution in [0.3, 0.4) is 0 Å². The van der Waals surface area contributed by atoms with Gasteiger partial charge in [-0.2, -0.15) is 0 Å². The number of hydrogen-bond acceptors (Lipinski definition) is 10. The summed E-state index contributed by atoms with van der Waals surface area (Å²) in [5.41, 5.74) is 4.38. The van der Waals surface area contributed by atoms with Crippen LogP contribution in [0.15, 0.2) is 49.1 Å². The van der Waals surface area contributed by atoms with E-state index in [1.54, 1.807) is 33.5 Å². The highest BCUT2D eigenvalue weighted by Crippen LogP contribution is 2.35. The fourth-order valence-corrected chi connectivity index (χ4v) is 8.00. The summed E-state index contributed by atoms with van der Waals surface area (Å²) in [4.78, 5) is 75.9. The number of fused-ring (bicyclic) bond motifs is 1. The van der Waals surface area contributed by atoms with Gasteiger partial charge in [-0.25, -0.2) is 24.5 Å². The predicted molar refractivity (Wildman–Crippen MR) is 196 cm³/mol. The maximum atomic E-state index is 13.5. The number of carbonyl (C=O) groups is 4. The number of H-pyrrole nitrogens is 2. The van der Waals surface area contributed by atoms with Gasteiger partial charge in [-0.3, -0.25) is 14.0 Å². The summed E-state index contributed by atoms with van der Waals surface area (Å²) in [6.45, 7) is 4.84. The summed E-state index contributed by atoms with van der Waals surface area (Å²) >= 11 is 1.57. The van der Waals surface area contributed by atoms with Gasteiger partial charge in [0, 0.05) is 25.5 Å². The maximum absolute atomic E-state index is 13.5. The minimum absolute atomic E-state index is 0.105. The number of nitrogens with one attached hydrogen (secondary N) is 4. The van der Waals surface area contributed by atoms with Crippen LogP contribution >= 0.6 is 11.3 Å². The number of thiazole rings is 1. The topological polar surface area (TPSA) is 192 Å². The molecule has 4 amide bonds. The van der Waals surface area contributed by atoms with Gasteiger partial charge in [0.2, 0.25) is 11.8 Å². The van der Waals surface area contributed by atoms with Gasteiger partial charge in [0.15, 0.2) is 4.96 Å². The summed E-state index contributed by atoms with van der Waals surface area (Å²) in [5.74, 6) is 0.968. The number of alkyl carbamates (subject to hydrolysis) is 2. The van der Waals surface area contributed by atoms with E-state index in [4.69, 9.17) is 9.72 Å². The fourth-order valence-electron chi connectivity index (χ4n) is 7.03. The van der Waals surface area contributed by atoms with E-state index in [9.17, 15) is 19.2 Å². The number of hydrogen-bond donors (Lipinski definition) is 4. The Kier molecular flexibility index (Phi) is 10.2. The van der Waals surface area contributed by atoms with E-state index < -0.39 is 18.2 Å². The zero-order valence-electron chi connectivity index (χ0n) is 29.9. The number of rotatable bonds is 10. The molecule has 6 heterocycles. The molecule has 2 fully saturated rings. The molecule has 2 aliphatic heterocycles. The minimum Gasteiger partial charge on any atom is -0.453 e. The Labute approximate surface area is 309 Å². The van der Waals surface area contributed by atoms with E-state index in [1.807, 2.05) is 42.8 Å². The standard InChI is InChI=1S/C36H42N10O6S/c1-20(2)30(43-36(50)52-4)33(48)46-14-6-8-27(46)32-37-15-23(40-32)21-9-11-22(12-10-21)28-19-44-18-25(42-34(44)53-28)24-16-38-31(41-24)26-7-5-13-45(26)29(47)17-39-35(49)51-3/h9-12,15-16,18-20,26-27,30H,5-8,13-14,17H2,1-4H3,(H,37,40)(H,38,41)(H,39,49)(H,43,50)/t26?,27-,30-/m0/s1. The van der Waals surface area contributed by atoms with Gasteiger partial charge in [-0.1, -0.05) is 49.4 Å². The van der Waals surface area contributed by atoms with Crippen LogP contribution in [0.1, 0.15) is 63.3 Å². The summed E-state index contributed by atoms with van der Waals surface area (Å²) in [5, 5.41) is 5.14. The molecular weight excluding hydrogens is 701 g/mol. The van der Waals surface area contributed by atoms with Gasteiger partial charge in [0.25, 0.3) is 0 Å². The molecule has 2 aliphatic rings. The van der Waals surface area contributed by atoms with Gasteiger partial charge < -0.3 is 39.9 Å². The summed E-state index contributed by atoms with van der Waals surface area (Å²) in [7, 11) is 2.55. The second-order valence-electron chi connectivity index (χ2n) is 13.5. The Bertz CT molecular complexity index is 2090. The molecule has 278 valence electrons. The molecule has 1 unspecified atom stereocenters. The van der Waals surface area contributed by atoms with E-state index in [1.165, 1.54) is 14.2 Å². The Morgan fingerprint density at radius 3 is 2.15 bits per heavy atom. The number of nitrogens with zero attached hydrogens (tertiary/aromatic N) is 6. The van der Waals surface area contributed by atoms with Crippen LogP contribution in [-0.2, 0) is 19.1 Å². The van der Waals surface area contributed by atoms with Gasteiger partial charge in [0.05, 0.1) is 55.0 Å². The SMILES string of the molecule is COC(=O)NCC(=O)N1CCCC1c1ncc(-c2cn3cc(-c4ccc(-c5cnc([C@@H]6CCCN6C(=O)[C@@H](NC(=O)OC)C(C)C)[nH]5)cc4)sc3n2)[nH]1. The number of likely N-dealkylation sites (tertiary alicyclic amines) is 2. The molecule has 0 radical (unpaired) electrons. The number of amides is 4. The van der Waals surface area contributed by atoms with E-state index in [0.29, 0.717) is 18.9 Å². The average molecular weight is 743 g/mol. The zero-order chi connectivity index (χ0) is 37.2. The molecular formula is C36H42N10O6S. The minimum atomic E-state index is -0.688. The molecule has 53 heavy (non-hydrogen) atoms. The lowest BCUT2D eigenvalue weighted by Crippen LogP contribution is -2.51.